The largest absolute Gasteiger partial charge is 0.494 e. The van der Waals surface area contributed by atoms with Crippen molar-refractivity contribution in [3.63, 3.8) is 0 Å². The van der Waals surface area contributed by atoms with Gasteiger partial charge < -0.3 is 24.3 Å². The van der Waals surface area contributed by atoms with Crippen LogP contribution in [0.3, 0.4) is 0 Å². The number of amides is 3. The number of anilines is 1. The van der Waals surface area contributed by atoms with Crippen LogP contribution in [0.1, 0.15) is 5.56 Å². The summed E-state index contributed by atoms with van der Waals surface area (Å²) in [5.41, 5.74) is 0.743. The van der Waals surface area contributed by atoms with E-state index in [1.807, 2.05) is 5.32 Å². The predicted molar refractivity (Wildman–Crippen MR) is 97.3 cm³/mol. The van der Waals surface area contributed by atoms with Crippen LogP contribution in [0.25, 0.3) is 0 Å². The molecule has 9 nitrogen and oxygen atoms in total. The first-order valence-electron chi connectivity index (χ1n) is 8.43. The fraction of sp³-hybridized carbons (Fsp3) is 0.211. The number of carbonyl (C=O) groups excluding carboxylic acids is 3. The lowest BCUT2D eigenvalue weighted by Crippen LogP contribution is -2.37. The highest BCUT2D eigenvalue weighted by Crippen LogP contribution is 2.34. The third kappa shape index (κ3) is 5.34. The van der Waals surface area contributed by atoms with Gasteiger partial charge in [0.25, 0.3) is 5.91 Å². The van der Waals surface area contributed by atoms with Gasteiger partial charge in [-0.05, 0) is 29.8 Å². The van der Waals surface area contributed by atoms with Crippen LogP contribution in [0.15, 0.2) is 36.4 Å². The Kier molecular flexibility index (Phi) is 6.12. The number of imide groups is 1. The van der Waals surface area contributed by atoms with Crippen molar-refractivity contribution in [2.24, 2.45) is 0 Å². The van der Waals surface area contributed by atoms with E-state index < -0.39 is 30.3 Å². The van der Waals surface area contributed by atoms with Crippen LogP contribution >= 0.6 is 0 Å². The molecule has 2 aromatic carbocycles. The van der Waals surface area contributed by atoms with E-state index in [0.717, 1.165) is 6.07 Å². The second-order valence-corrected chi connectivity index (χ2v) is 5.88. The van der Waals surface area contributed by atoms with Crippen LogP contribution in [-0.4, -0.2) is 38.4 Å². The lowest BCUT2D eigenvalue weighted by molar-refractivity contribution is -0.147. The van der Waals surface area contributed by atoms with Crippen molar-refractivity contribution in [2.45, 2.75) is 6.42 Å². The lowest BCUT2D eigenvalue weighted by Gasteiger charge is -2.08. The number of hydrogen-bond donors (Lipinski definition) is 2. The number of benzene rings is 2. The van der Waals surface area contributed by atoms with Crippen molar-refractivity contribution in [3.8, 4) is 17.2 Å². The summed E-state index contributed by atoms with van der Waals surface area (Å²) in [7, 11) is 1.33. The quantitative estimate of drug-likeness (QED) is 0.708. The highest BCUT2D eigenvalue weighted by molar-refractivity contribution is 6.02. The van der Waals surface area contributed by atoms with Crippen molar-refractivity contribution in [1.29, 1.82) is 0 Å². The monoisotopic (exact) mass is 404 g/mol. The van der Waals surface area contributed by atoms with Gasteiger partial charge in [-0.25, -0.2) is 9.18 Å². The maximum Gasteiger partial charge on any atom is 0.325 e. The standard InChI is InChI=1S/C19H17FN2O7/c1-26-14-4-2-11(6-13(14)20)7-18(24)27-9-17(23)22-19(25)21-12-3-5-15-16(8-12)29-10-28-15/h2-6,8H,7,9-10H2,1H3,(H2,21,22,23,25). The second-order valence-electron chi connectivity index (χ2n) is 5.88. The Bertz CT molecular complexity index is 948. The normalized spacial score (nSPS) is 11.5. The zero-order chi connectivity index (χ0) is 20.8. The van der Waals surface area contributed by atoms with Gasteiger partial charge >= 0.3 is 12.0 Å². The van der Waals surface area contributed by atoms with E-state index in [-0.39, 0.29) is 19.0 Å². The van der Waals surface area contributed by atoms with E-state index in [2.05, 4.69) is 5.32 Å². The van der Waals surface area contributed by atoms with Crippen molar-refractivity contribution >= 4 is 23.6 Å². The Morgan fingerprint density at radius 3 is 2.66 bits per heavy atom. The second kappa shape index (κ2) is 8.91. The zero-order valence-corrected chi connectivity index (χ0v) is 15.3. The van der Waals surface area contributed by atoms with E-state index in [0.29, 0.717) is 22.7 Å². The molecule has 2 N–H and O–H groups in total. The van der Waals surface area contributed by atoms with Gasteiger partial charge in [-0.3, -0.25) is 14.9 Å². The maximum absolute atomic E-state index is 13.6. The van der Waals surface area contributed by atoms with Crippen molar-refractivity contribution in [2.75, 3.05) is 25.8 Å². The van der Waals surface area contributed by atoms with Gasteiger partial charge in [0.1, 0.15) is 0 Å². The van der Waals surface area contributed by atoms with Gasteiger partial charge in [0, 0.05) is 11.8 Å². The molecule has 0 unspecified atom stereocenters. The molecule has 0 fully saturated rings. The molecule has 0 radical (unpaired) electrons. The van der Waals surface area contributed by atoms with E-state index in [1.54, 1.807) is 18.2 Å². The Balaban J connectivity index is 1.42. The minimum absolute atomic E-state index is 0.0509. The highest BCUT2D eigenvalue weighted by Gasteiger charge is 2.16. The first kappa shape index (κ1) is 19.9. The third-order valence-electron chi connectivity index (χ3n) is 3.81. The lowest BCUT2D eigenvalue weighted by atomic mass is 10.1. The average Bonchev–Trinajstić information content (AvgIpc) is 3.14. The maximum atomic E-state index is 13.6. The number of carbonyl (C=O) groups is 3. The number of urea groups is 1. The molecule has 0 bridgehead atoms. The van der Waals surface area contributed by atoms with Crippen molar-refractivity contribution < 1.29 is 37.7 Å². The molecular weight excluding hydrogens is 387 g/mol. The van der Waals surface area contributed by atoms with E-state index in [1.165, 1.54) is 19.2 Å². The summed E-state index contributed by atoms with van der Waals surface area (Å²) in [5.74, 6) is -1.11. The van der Waals surface area contributed by atoms with Crippen LogP contribution in [0.5, 0.6) is 17.2 Å². The van der Waals surface area contributed by atoms with Crippen molar-refractivity contribution in [3.05, 3.63) is 47.8 Å². The summed E-state index contributed by atoms with van der Waals surface area (Å²) in [6.45, 7) is -0.565. The SMILES string of the molecule is COc1ccc(CC(=O)OCC(=O)NC(=O)Nc2ccc3c(c2)OCO3)cc1F. The molecule has 10 heteroatoms. The van der Waals surface area contributed by atoms with Gasteiger partial charge in [-0.15, -0.1) is 0 Å². The molecule has 29 heavy (non-hydrogen) atoms. The molecule has 0 saturated carbocycles. The summed E-state index contributed by atoms with van der Waals surface area (Å²) < 4.78 is 33.5. The number of methoxy groups -OCH3 is 1. The molecule has 152 valence electrons. The Labute approximate surface area is 164 Å². The molecule has 0 aliphatic carbocycles. The van der Waals surface area contributed by atoms with E-state index in [4.69, 9.17) is 18.9 Å². The molecule has 1 aliphatic rings. The van der Waals surface area contributed by atoms with E-state index in [9.17, 15) is 18.8 Å². The number of esters is 1. The molecule has 0 spiro atoms. The summed E-state index contributed by atoms with van der Waals surface area (Å²) in [4.78, 5) is 35.4. The number of halogens is 1. The summed E-state index contributed by atoms with van der Waals surface area (Å²) in [6.07, 6.45) is -0.239. The van der Waals surface area contributed by atoms with Gasteiger partial charge in [-0.2, -0.15) is 0 Å². The number of nitrogens with one attached hydrogen (secondary N) is 2. The molecule has 2 aromatic rings. The number of rotatable bonds is 6. The Hall–Kier alpha value is -3.82. The average molecular weight is 404 g/mol. The summed E-state index contributed by atoms with van der Waals surface area (Å²) in [5, 5.41) is 4.47. The first-order chi connectivity index (χ1) is 13.9. The van der Waals surface area contributed by atoms with Gasteiger partial charge in [0.2, 0.25) is 6.79 Å². The Morgan fingerprint density at radius 1 is 1.10 bits per heavy atom. The topological polar surface area (TPSA) is 112 Å². The van der Waals surface area contributed by atoms with Crippen LogP contribution in [0, 0.1) is 5.82 Å². The van der Waals surface area contributed by atoms with Crippen LogP contribution in [0.2, 0.25) is 0 Å². The summed E-state index contributed by atoms with van der Waals surface area (Å²) in [6, 6.07) is 7.95. The number of hydrogen-bond acceptors (Lipinski definition) is 7. The number of ether oxygens (including phenoxy) is 4. The molecule has 1 heterocycles. The molecule has 1 aliphatic heterocycles. The van der Waals surface area contributed by atoms with Crippen LogP contribution < -0.4 is 24.8 Å². The molecule has 0 aromatic heterocycles. The minimum Gasteiger partial charge on any atom is -0.494 e. The number of fused-ring (bicyclic) bond motifs is 1. The summed E-state index contributed by atoms with van der Waals surface area (Å²) >= 11 is 0. The van der Waals surface area contributed by atoms with E-state index >= 15 is 0 Å². The third-order valence-corrected chi connectivity index (χ3v) is 3.81. The molecule has 0 atom stereocenters. The van der Waals surface area contributed by atoms with Crippen LogP contribution in [-0.2, 0) is 20.7 Å². The van der Waals surface area contributed by atoms with Crippen molar-refractivity contribution in [1.82, 2.24) is 5.32 Å². The molecule has 3 amide bonds. The van der Waals surface area contributed by atoms with Gasteiger partial charge in [-0.1, -0.05) is 6.07 Å². The zero-order valence-electron chi connectivity index (χ0n) is 15.3. The smallest absolute Gasteiger partial charge is 0.325 e. The minimum atomic E-state index is -0.822. The first-order valence-corrected chi connectivity index (χ1v) is 8.43. The fourth-order valence-electron chi connectivity index (χ4n) is 2.48. The highest BCUT2D eigenvalue weighted by atomic mass is 19.1. The van der Waals surface area contributed by atoms with Gasteiger partial charge in [0.15, 0.2) is 29.7 Å². The molecule has 3 rings (SSSR count). The molecule has 0 saturated heterocycles. The van der Waals surface area contributed by atoms with Gasteiger partial charge in [0.05, 0.1) is 13.5 Å². The Morgan fingerprint density at radius 2 is 1.90 bits per heavy atom. The fourth-order valence-corrected chi connectivity index (χ4v) is 2.48. The predicted octanol–water partition coefficient (Wildman–Crippen LogP) is 2.00. The van der Waals surface area contributed by atoms with Crippen LogP contribution in [0.4, 0.5) is 14.9 Å². The molecular formula is C19H17FN2O7.